The van der Waals surface area contributed by atoms with Crippen molar-refractivity contribution in [2.75, 3.05) is 12.5 Å². The first-order valence-corrected chi connectivity index (χ1v) is 8.89. The Labute approximate surface area is 130 Å². The SMILES string of the molecule is CN(C1CCCCCC1)S(=O)(=O)c1cnc(NN)c(Cl)c1. The van der Waals surface area contributed by atoms with Gasteiger partial charge in [-0.3, -0.25) is 0 Å². The summed E-state index contributed by atoms with van der Waals surface area (Å²) in [5.41, 5.74) is 2.32. The summed E-state index contributed by atoms with van der Waals surface area (Å²) >= 11 is 5.96. The normalized spacial score (nSPS) is 17.7. The molecule has 2 rings (SSSR count). The van der Waals surface area contributed by atoms with Crippen molar-refractivity contribution in [3.05, 3.63) is 17.3 Å². The van der Waals surface area contributed by atoms with E-state index in [2.05, 4.69) is 10.4 Å². The van der Waals surface area contributed by atoms with Crippen LogP contribution in [0.4, 0.5) is 5.82 Å². The van der Waals surface area contributed by atoms with E-state index in [1.165, 1.54) is 29.4 Å². The Hall–Kier alpha value is -0.890. The first-order chi connectivity index (χ1) is 9.96. The van der Waals surface area contributed by atoms with E-state index in [-0.39, 0.29) is 21.8 Å². The smallest absolute Gasteiger partial charge is 0.244 e. The molecule has 8 heteroatoms. The number of aromatic nitrogens is 1. The van der Waals surface area contributed by atoms with Gasteiger partial charge in [0, 0.05) is 19.3 Å². The molecule has 0 bridgehead atoms. The van der Waals surface area contributed by atoms with Crippen molar-refractivity contribution >= 4 is 27.4 Å². The lowest BCUT2D eigenvalue weighted by Gasteiger charge is -2.26. The van der Waals surface area contributed by atoms with Gasteiger partial charge in [0.15, 0.2) is 5.82 Å². The van der Waals surface area contributed by atoms with Crippen LogP contribution in [-0.2, 0) is 10.0 Å². The molecule has 118 valence electrons. The van der Waals surface area contributed by atoms with Gasteiger partial charge in [0.05, 0.1) is 5.02 Å². The predicted molar refractivity (Wildman–Crippen MR) is 83.5 cm³/mol. The number of nitrogens with two attached hydrogens (primary N) is 1. The Bertz CT molecular complexity index is 586. The molecule has 0 atom stereocenters. The van der Waals surface area contributed by atoms with E-state index in [1.54, 1.807) is 7.05 Å². The van der Waals surface area contributed by atoms with E-state index in [0.717, 1.165) is 25.7 Å². The molecule has 1 aromatic heterocycles. The van der Waals surface area contributed by atoms with Crippen molar-refractivity contribution in [2.24, 2.45) is 5.84 Å². The fraction of sp³-hybridized carbons (Fsp3) is 0.615. The van der Waals surface area contributed by atoms with Crippen molar-refractivity contribution in [1.82, 2.24) is 9.29 Å². The van der Waals surface area contributed by atoms with Crippen molar-refractivity contribution in [3.8, 4) is 0 Å². The molecular formula is C13H21ClN4O2S. The standard InChI is InChI=1S/C13H21ClN4O2S/c1-18(10-6-4-2-3-5-7-10)21(19,20)11-8-12(14)13(17-15)16-9-11/h8-10H,2-7,15H2,1H3,(H,16,17). The Morgan fingerprint density at radius 1 is 1.33 bits per heavy atom. The van der Waals surface area contributed by atoms with Gasteiger partial charge in [-0.25, -0.2) is 19.2 Å². The lowest BCUT2D eigenvalue weighted by molar-refractivity contribution is 0.335. The second kappa shape index (κ2) is 6.91. The third kappa shape index (κ3) is 3.66. The highest BCUT2D eigenvalue weighted by Crippen LogP contribution is 2.28. The van der Waals surface area contributed by atoms with E-state index in [9.17, 15) is 8.42 Å². The monoisotopic (exact) mass is 332 g/mol. The van der Waals surface area contributed by atoms with Gasteiger partial charge in [-0.05, 0) is 18.9 Å². The van der Waals surface area contributed by atoms with Gasteiger partial charge in [0.1, 0.15) is 4.90 Å². The van der Waals surface area contributed by atoms with Gasteiger partial charge < -0.3 is 5.43 Å². The molecular weight excluding hydrogens is 312 g/mol. The minimum Gasteiger partial charge on any atom is -0.307 e. The molecule has 1 aromatic rings. The minimum atomic E-state index is -3.58. The molecule has 1 saturated carbocycles. The van der Waals surface area contributed by atoms with Gasteiger partial charge in [0.2, 0.25) is 10.0 Å². The van der Waals surface area contributed by atoms with Gasteiger partial charge in [0.25, 0.3) is 0 Å². The number of halogens is 1. The predicted octanol–water partition coefficient (Wildman–Crippen LogP) is 2.36. The summed E-state index contributed by atoms with van der Waals surface area (Å²) in [6, 6.07) is 1.43. The third-order valence-corrected chi connectivity index (χ3v) is 6.13. The quantitative estimate of drug-likeness (QED) is 0.502. The van der Waals surface area contributed by atoms with Crippen molar-refractivity contribution in [2.45, 2.75) is 49.5 Å². The largest absolute Gasteiger partial charge is 0.307 e. The number of anilines is 1. The molecule has 0 amide bonds. The van der Waals surface area contributed by atoms with Crippen molar-refractivity contribution in [3.63, 3.8) is 0 Å². The maximum Gasteiger partial charge on any atom is 0.244 e. The van der Waals surface area contributed by atoms with Crippen LogP contribution in [0.3, 0.4) is 0 Å². The van der Waals surface area contributed by atoms with Crippen LogP contribution in [0.2, 0.25) is 5.02 Å². The van der Waals surface area contributed by atoms with Gasteiger partial charge >= 0.3 is 0 Å². The van der Waals surface area contributed by atoms with Gasteiger partial charge in [-0.2, -0.15) is 4.31 Å². The highest BCUT2D eigenvalue weighted by Gasteiger charge is 2.29. The Morgan fingerprint density at radius 2 is 1.95 bits per heavy atom. The molecule has 3 N–H and O–H groups in total. The average molecular weight is 333 g/mol. The molecule has 1 heterocycles. The van der Waals surface area contributed by atoms with Crippen molar-refractivity contribution < 1.29 is 8.42 Å². The Balaban J connectivity index is 2.25. The maximum atomic E-state index is 12.7. The number of nitrogens with one attached hydrogen (secondary N) is 1. The molecule has 6 nitrogen and oxygen atoms in total. The summed E-state index contributed by atoms with van der Waals surface area (Å²) in [7, 11) is -1.95. The molecule has 0 spiro atoms. The zero-order valence-electron chi connectivity index (χ0n) is 12.0. The maximum absolute atomic E-state index is 12.7. The minimum absolute atomic E-state index is 0.0450. The van der Waals surface area contributed by atoms with Gasteiger partial charge in [-0.15, -0.1) is 0 Å². The zero-order chi connectivity index (χ0) is 15.5. The lowest BCUT2D eigenvalue weighted by Crippen LogP contribution is -2.36. The molecule has 0 aliphatic heterocycles. The second-order valence-corrected chi connectivity index (χ2v) is 7.72. The van der Waals surface area contributed by atoms with Crippen molar-refractivity contribution in [1.29, 1.82) is 0 Å². The Kier molecular flexibility index (Phi) is 5.43. The summed E-state index contributed by atoms with van der Waals surface area (Å²) < 4.78 is 26.8. The number of hydrazine groups is 1. The molecule has 0 unspecified atom stereocenters. The number of rotatable bonds is 4. The van der Waals surface area contributed by atoms with E-state index in [0.29, 0.717) is 0 Å². The molecule has 0 aromatic carbocycles. The van der Waals surface area contributed by atoms with Crippen LogP contribution in [-0.4, -0.2) is 30.8 Å². The third-order valence-electron chi connectivity index (χ3n) is 3.97. The first kappa shape index (κ1) is 16.5. The summed E-state index contributed by atoms with van der Waals surface area (Å²) in [4.78, 5) is 4.03. The molecule has 0 radical (unpaired) electrons. The summed E-state index contributed by atoms with van der Waals surface area (Å²) in [6.45, 7) is 0. The first-order valence-electron chi connectivity index (χ1n) is 7.07. The zero-order valence-corrected chi connectivity index (χ0v) is 13.6. The fourth-order valence-electron chi connectivity index (χ4n) is 2.65. The van der Waals surface area contributed by atoms with E-state index < -0.39 is 10.0 Å². The van der Waals surface area contributed by atoms with E-state index >= 15 is 0 Å². The Morgan fingerprint density at radius 3 is 2.48 bits per heavy atom. The van der Waals surface area contributed by atoms with E-state index in [4.69, 9.17) is 17.4 Å². The van der Waals surface area contributed by atoms with Crippen LogP contribution in [0, 0.1) is 0 Å². The molecule has 21 heavy (non-hydrogen) atoms. The summed E-state index contributed by atoms with van der Waals surface area (Å²) in [5.74, 6) is 5.50. The van der Waals surface area contributed by atoms with Crippen LogP contribution in [0.25, 0.3) is 0 Å². The molecule has 0 saturated heterocycles. The number of hydrogen-bond donors (Lipinski definition) is 2. The van der Waals surface area contributed by atoms with E-state index in [1.807, 2.05) is 0 Å². The van der Waals surface area contributed by atoms with Gasteiger partial charge in [-0.1, -0.05) is 37.3 Å². The number of hydrogen-bond acceptors (Lipinski definition) is 5. The summed E-state index contributed by atoms with van der Waals surface area (Å²) in [6.07, 6.45) is 7.57. The topological polar surface area (TPSA) is 88.3 Å². The number of sulfonamides is 1. The highest BCUT2D eigenvalue weighted by molar-refractivity contribution is 7.89. The summed E-state index contributed by atoms with van der Waals surface area (Å²) in [5, 5.41) is 0.188. The highest BCUT2D eigenvalue weighted by atomic mass is 35.5. The fourth-order valence-corrected chi connectivity index (χ4v) is 4.33. The molecule has 1 aliphatic rings. The van der Waals surface area contributed by atoms with Crippen LogP contribution >= 0.6 is 11.6 Å². The second-order valence-electron chi connectivity index (χ2n) is 5.31. The van der Waals surface area contributed by atoms with Crippen LogP contribution in [0.15, 0.2) is 17.2 Å². The molecule has 1 fully saturated rings. The van der Waals surface area contributed by atoms with Crippen LogP contribution < -0.4 is 11.3 Å². The lowest BCUT2D eigenvalue weighted by atomic mass is 10.1. The van der Waals surface area contributed by atoms with Crippen LogP contribution in [0.1, 0.15) is 38.5 Å². The van der Waals surface area contributed by atoms with Crippen LogP contribution in [0.5, 0.6) is 0 Å². The number of pyridine rings is 1. The number of nitrogen functional groups attached to an aromatic ring is 1. The molecule has 1 aliphatic carbocycles. The number of nitrogens with zero attached hydrogens (tertiary/aromatic N) is 2. The average Bonchev–Trinajstić information content (AvgIpc) is 2.75.